The number of carbonyl (C=O) groups is 1. The van der Waals surface area contributed by atoms with E-state index in [9.17, 15) is 4.79 Å². The summed E-state index contributed by atoms with van der Waals surface area (Å²) >= 11 is -0.472. The zero-order valence-corrected chi connectivity index (χ0v) is 12.7. The molecule has 1 aromatic rings. The Bertz CT molecular complexity index is 263. The van der Waals surface area contributed by atoms with Crippen molar-refractivity contribution in [1.29, 1.82) is 0 Å². The van der Waals surface area contributed by atoms with E-state index in [0.717, 1.165) is 11.4 Å². The van der Waals surface area contributed by atoms with Crippen molar-refractivity contribution in [1.82, 2.24) is 4.98 Å². The van der Waals surface area contributed by atoms with Crippen LogP contribution in [0.4, 0.5) is 0 Å². The van der Waals surface area contributed by atoms with Crippen molar-refractivity contribution >= 4 is 24.7 Å². The van der Waals surface area contributed by atoms with Crippen LogP contribution in [0, 0.1) is 13.8 Å². The van der Waals surface area contributed by atoms with E-state index in [4.69, 9.17) is 18.8 Å². The molecule has 3 nitrogen and oxygen atoms in total. The molecule has 3 N–H and O–H groups in total. The zero-order chi connectivity index (χ0) is 12.3. The van der Waals surface area contributed by atoms with Gasteiger partial charge in [0.25, 0.3) is 0 Å². The SMILES string of the molecule is CC([NH3+])=O.Cc1cccc(C)n1.[Cl][Pt][Cl]. The molecule has 1 amide bonds. The van der Waals surface area contributed by atoms with Gasteiger partial charge in [-0.3, -0.25) is 10.7 Å². The van der Waals surface area contributed by atoms with Crippen LogP contribution in [0.1, 0.15) is 18.3 Å². The number of pyridine rings is 1. The van der Waals surface area contributed by atoms with Crippen LogP contribution in [-0.4, -0.2) is 10.9 Å². The molecule has 0 atom stereocenters. The molecule has 0 unspecified atom stereocenters. The van der Waals surface area contributed by atoms with Gasteiger partial charge in [-0.05, 0) is 26.0 Å². The van der Waals surface area contributed by atoms with Crippen LogP contribution < -0.4 is 5.73 Å². The second kappa shape index (κ2) is 12.1. The molecule has 0 fully saturated rings. The molecule has 0 bridgehead atoms. The van der Waals surface area contributed by atoms with Crippen LogP contribution in [0.3, 0.4) is 0 Å². The molecule has 15 heavy (non-hydrogen) atoms. The summed E-state index contributed by atoms with van der Waals surface area (Å²) in [6.07, 6.45) is 0. The van der Waals surface area contributed by atoms with Crippen molar-refractivity contribution in [2.24, 2.45) is 0 Å². The second-order valence-electron chi connectivity index (χ2n) is 2.67. The first-order chi connectivity index (χ1) is 6.93. The summed E-state index contributed by atoms with van der Waals surface area (Å²) < 4.78 is 0. The Labute approximate surface area is 107 Å². The van der Waals surface area contributed by atoms with E-state index in [0.29, 0.717) is 0 Å². The molecule has 1 heterocycles. The molecule has 0 aliphatic carbocycles. The fourth-order valence-corrected chi connectivity index (χ4v) is 0.679. The minimum absolute atomic E-state index is 0.0833. The fraction of sp³-hybridized carbons (Fsp3) is 0.333. The van der Waals surface area contributed by atoms with Crippen molar-refractivity contribution < 1.29 is 27.0 Å². The van der Waals surface area contributed by atoms with E-state index in [1.54, 1.807) is 0 Å². The van der Waals surface area contributed by atoms with Gasteiger partial charge in [-0.25, -0.2) is 4.79 Å². The summed E-state index contributed by atoms with van der Waals surface area (Å²) in [5.74, 6) is -0.0833. The number of halogens is 2. The number of hydrogen-bond acceptors (Lipinski definition) is 2. The van der Waals surface area contributed by atoms with Crippen LogP contribution in [0.25, 0.3) is 0 Å². The summed E-state index contributed by atoms with van der Waals surface area (Å²) in [7, 11) is 9.75. The first kappa shape index (κ1) is 17.4. The predicted octanol–water partition coefficient (Wildman–Crippen LogP) is 1.85. The normalized spacial score (nSPS) is 8.13. The van der Waals surface area contributed by atoms with Crippen molar-refractivity contribution in [3.8, 4) is 0 Å². The summed E-state index contributed by atoms with van der Waals surface area (Å²) in [4.78, 5) is 13.5. The first-order valence-electron chi connectivity index (χ1n) is 3.99. The van der Waals surface area contributed by atoms with Gasteiger partial charge in [-0.15, -0.1) is 0 Å². The minimum atomic E-state index is -0.472. The van der Waals surface area contributed by atoms with Gasteiger partial charge in [0.2, 0.25) is 0 Å². The van der Waals surface area contributed by atoms with Crippen LogP contribution in [0.2, 0.25) is 0 Å². The Morgan fingerprint density at radius 3 is 1.73 bits per heavy atom. The molecule has 1 rings (SSSR count). The van der Waals surface area contributed by atoms with Gasteiger partial charge in [0, 0.05) is 11.4 Å². The Morgan fingerprint density at radius 1 is 1.33 bits per heavy atom. The summed E-state index contributed by atoms with van der Waals surface area (Å²) in [5.41, 5.74) is 5.18. The van der Waals surface area contributed by atoms with Crippen LogP contribution in [0.15, 0.2) is 18.2 Å². The molecule has 90 valence electrons. The Kier molecular flexibility index (Phi) is 14.1. The fourth-order valence-electron chi connectivity index (χ4n) is 0.679. The third kappa shape index (κ3) is 20.2. The standard InChI is InChI=1S/C7H9N.C2H5NO.2ClH.Pt/c1-6-4-3-5-7(2)8-6;1-2(3)4;;;/h3-5H,1-2H3;1H3,(H2,3,4);2*1H;/q;;;;+2/p-1. The van der Waals surface area contributed by atoms with E-state index in [-0.39, 0.29) is 5.91 Å². The van der Waals surface area contributed by atoms with Crippen LogP contribution in [-0.2, 0) is 21.3 Å². The molecule has 0 aromatic carbocycles. The summed E-state index contributed by atoms with van der Waals surface area (Å²) in [6, 6.07) is 6.00. The first-order valence-corrected chi connectivity index (χ1v) is 9.62. The summed E-state index contributed by atoms with van der Waals surface area (Å²) in [5, 5.41) is 0. The predicted molar refractivity (Wildman–Crippen MR) is 59.0 cm³/mol. The monoisotopic (exact) mass is 432 g/mol. The molecule has 0 aliphatic heterocycles. The van der Waals surface area contributed by atoms with E-state index >= 15 is 0 Å². The molecule has 0 saturated carbocycles. The third-order valence-corrected chi connectivity index (χ3v) is 1.03. The average molecular weight is 433 g/mol. The molecule has 0 aliphatic rings. The molecule has 0 spiro atoms. The van der Waals surface area contributed by atoms with Crippen LogP contribution >= 0.6 is 18.8 Å². The molecule has 6 heteroatoms. The van der Waals surface area contributed by atoms with E-state index in [2.05, 4.69) is 10.7 Å². The molecular formula is C9H15Cl2N2OPt+. The summed E-state index contributed by atoms with van der Waals surface area (Å²) in [6.45, 7) is 5.40. The number of aryl methyl sites for hydroxylation is 2. The van der Waals surface area contributed by atoms with Gasteiger partial charge >= 0.3 is 41.2 Å². The Balaban J connectivity index is 0. The number of quaternary nitrogens is 1. The van der Waals surface area contributed by atoms with Gasteiger partial charge in [0.15, 0.2) is 0 Å². The second-order valence-corrected chi connectivity index (χ2v) is 5.95. The van der Waals surface area contributed by atoms with E-state index in [1.165, 1.54) is 6.92 Å². The quantitative estimate of drug-likeness (QED) is 0.679. The number of aromatic nitrogens is 1. The Morgan fingerprint density at radius 2 is 1.60 bits per heavy atom. The zero-order valence-electron chi connectivity index (χ0n) is 8.87. The van der Waals surface area contributed by atoms with Gasteiger partial charge in [0.1, 0.15) is 0 Å². The average Bonchev–Trinajstić information content (AvgIpc) is 2.03. The third-order valence-electron chi connectivity index (χ3n) is 1.03. The molecule has 0 radical (unpaired) electrons. The van der Waals surface area contributed by atoms with Crippen molar-refractivity contribution in [2.45, 2.75) is 20.8 Å². The maximum atomic E-state index is 9.33. The molecule has 0 saturated heterocycles. The number of amides is 1. The number of carbonyl (C=O) groups excluding carboxylic acids is 1. The van der Waals surface area contributed by atoms with Gasteiger partial charge in [-0.1, -0.05) is 6.07 Å². The topological polar surface area (TPSA) is 57.6 Å². The van der Waals surface area contributed by atoms with Gasteiger partial charge in [-0.2, -0.15) is 0 Å². The number of hydrogen-bond donors (Lipinski definition) is 1. The van der Waals surface area contributed by atoms with Crippen LogP contribution in [0.5, 0.6) is 0 Å². The molecule has 1 aromatic heterocycles. The maximum absolute atomic E-state index is 9.33. The van der Waals surface area contributed by atoms with Crippen molar-refractivity contribution in [2.75, 3.05) is 0 Å². The van der Waals surface area contributed by atoms with Gasteiger partial charge < -0.3 is 0 Å². The van der Waals surface area contributed by atoms with Crippen molar-refractivity contribution in [3.63, 3.8) is 0 Å². The van der Waals surface area contributed by atoms with E-state index < -0.39 is 16.5 Å². The van der Waals surface area contributed by atoms with Gasteiger partial charge in [0.05, 0.1) is 6.92 Å². The molecular weight excluding hydrogens is 418 g/mol. The Hall–Kier alpha value is 0.0483. The van der Waals surface area contributed by atoms with Crippen molar-refractivity contribution in [3.05, 3.63) is 29.6 Å². The number of nitrogens with zero attached hydrogens (tertiary/aromatic N) is 1. The number of rotatable bonds is 0. The van der Waals surface area contributed by atoms with E-state index in [1.807, 2.05) is 32.0 Å².